The number of rotatable bonds is 5. The first-order chi connectivity index (χ1) is 15.2. The number of hydrogen-bond acceptors (Lipinski definition) is 7. The number of hydrogen-bond donors (Lipinski definition) is 2. The summed E-state index contributed by atoms with van der Waals surface area (Å²) >= 11 is 7.84. The van der Waals surface area contributed by atoms with Crippen LogP contribution in [0.15, 0.2) is 55.0 Å². The maximum Gasteiger partial charge on any atom is 0.184 e. The molecular weight excluding hydrogens is 432 g/mol. The molecule has 1 aliphatic rings. The van der Waals surface area contributed by atoms with E-state index in [9.17, 15) is 5.11 Å². The lowest BCUT2D eigenvalue weighted by molar-refractivity contribution is 0.116. The first-order valence-electron chi connectivity index (χ1n) is 10.2. The number of halogens is 1. The number of pyridine rings is 2. The quantitative estimate of drug-likeness (QED) is 0.366. The highest BCUT2D eigenvalue weighted by Crippen LogP contribution is 2.34. The Morgan fingerprint density at radius 2 is 2.00 bits per heavy atom. The predicted molar refractivity (Wildman–Crippen MR) is 124 cm³/mol. The first kappa shape index (κ1) is 20.2. The molecule has 0 saturated heterocycles. The highest BCUT2D eigenvalue weighted by atomic mass is 35.5. The summed E-state index contributed by atoms with van der Waals surface area (Å²) in [7, 11) is 0. The van der Waals surface area contributed by atoms with Crippen molar-refractivity contribution in [2.45, 2.75) is 37.8 Å². The highest BCUT2D eigenvalue weighted by Gasteiger charge is 2.23. The van der Waals surface area contributed by atoms with Gasteiger partial charge in [0.2, 0.25) is 0 Å². The van der Waals surface area contributed by atoms with E-state index in [0.717, 1.165) is 52.2 Å². The van der Waals surface area contributed by atoms with E-state index < -0.39 is 0 Å². The van der Waals surface area contributed by atoms with Crippen molar-refractivity contribution in [3.63, 3.8) is 0 Å². The number of thiazole rings is 1. The Hall–Kier alpha value is -2.74. The molecule has 0 bridgehead atoms. The molecule has 1 aliphatic carbocycles. The Morgan fingerprint density at radius 1 is 1.10 bits per heavy atom. The topological polar surface area (TPSA) is 80.2 Å². The van der Waals surface area contributed by atoms with Gasteiger partial charge in [0.1, 0.15) is 16.7 Å². The number of fused-ring (bicyclic) bond motifs is 1. The van der Waals surface area contributed by atoms with E-state index in [0.29, 0.717) is 16.7 Å². The molecule has 2 atom stereocenters. The fraction of sp³-hybridized carbons (Fsp3) is 0.261. The van der Waals surface area contributed by atoms with E-state index in [2.05, 4.69) is 20.3 Å². The summed E-state index contributed by atoms with van der Waals surface area (Å²) in [5.41, 5.74) is 2.54. The van der Waals surface area contributed by atoms with Crippen molar-refractivity contribution in [1.82, 2.24) is 15.0 Å². The lowest BCUT2D eigenvalue weighted by Gasteiger charge is -2.27. The molecule has 0 amide bonds. The minimum atomic E-state index is -0.314. The van der Waals surface area contributed by atoms with E-state index in [1.165, 1.54) is 0 Å². The summed E-state index contributed by atoms with van der Waals surface area (Å²) in [6, 6.07) is 11.5. The standard InChI is InChI=1S/C23H21ClN4O2S/c24-22-17(14-4-3-9-25-12-14)10-16(13-26-22)30-15-7-8-19-21(11-15)31-23(28-19)27-18-5-1-2-6-20(18)29/h3-4,7-13,18,20,29H,1-2,5-6H2,(H,27,28)/t18-,20-/m1/s1. The van der Waals surface area contributed by atoms with E-state index in [1.54, 1.807) is 29.9 Å². The minimum Gasteiger partial charge on any atom is -0.456 e. The van der Waals surface area contributed by atoms with Crippen LogP contribution in [0.25, 0.3) is 21.3 Å². The number of benzene rings is 1. The van der Waals surface area contributed by atoms with Crippen molar-refractivity contribution in [2.75, 3.05) is 5.32 Å². The zero-order chi connectivity index (χ0) is 21.2. The van der Waals surface area contributed by atoms with Crippen molar-refractivity contribution in [3.8, 4) is 22.6 Å². The van der Waals surface area contributed by atoms with E-state index in [-0.39, 0.29) is 12.1 Å². The monoisotopic (exact) mass is 452 g/mol. The third-order valence-electron chi connectivity index (χ3n) is 5.42. The summed E-state index contributed by atoms with van der Waals surface area (Å²) in [4.78, 5) is 13.1. The molecule has 2 N–H and O–H groups in total. The van der Waals surface area contributed by atoms with Gasteiger partial charge in [0.25, 0.3) is 0 Å². The second-order valence-corrected chi connectivity index (χ2v) is 8.99. The summed E-state index contributed by atoms with van der Waals surface area (Å²) < 4.78 is 7.07. The van der Waals surface area contributed by atoms with Crippen molar-refractivity contribution in [3.05, 3.63) is 60.1 Å². The van der Waals surface area contributed by atoms with E-state index in [4.69, 9.17) is 16.3 Å². The number of aromatic nitrogens is 3. The Kier molecular flexibility index (Phi) is 5.72. The van der Waals surface area contributed by atoms with Gasteiger partial charge in [0, 0.05) is 29.6 Å². The molecule has 158 valence electrons. The zero-order valence-electron chi connectivity index (χ0n) is 16.7. The molecule has 8 heteroatoms. The second kappa shape index (κ2) is 8.78. The van der Waals surface area contributed by atoms with Crippen LogP contribution in [-0.2, 0) is 0 Å². The smallest absolute Gasteiger partial charge is 0.184 e. The van der Waals surface area contributed by atoms with Crippen LogP contribution in [0.5, 0.6) is 11.5 Å². The van der Waals surface area contributed by atoms with Gasteiger partial charge in [-0.15, -0.1) is 0 Å². The average Bonchev–Trinajstić information content (AvgIpc) is 3.19. The molecule has 0 unspecified atom stereocenters. The molecule has 3 heterocycles. The van der Waals surface area contributed by atoms with E-state index in [1.807, 2.05) is 36.4 Å². The molecule has 0 radical (unpaired) electrons. The van der Waals surface area contributed by atoms with Crippen molar-refractivity contribution in [1.29, 1.82) is 0 Å². The number of nitrogens with one attached hydrogen (secondary N) is 1. The summed E-state index contributed by atoms with van der Waals surface area (Å²) in [5.74, 6) is 1.29. The van der Waals surface area contributed by atoms with Gasteiger partial charge in [-0.2, -0.15) is 0 Å². The van der Waals surface area contributed by atoms with Gasteiger partial charge in [0.05, 0.1) is 28.6 Å². The molecule has 31 heavy (non-hydrogen) atoms. The van der Waals surface area contributed by atoms with Gasteiger partial charge >= 0.3 is 0 Å². The van der Waals surface area contributed by atoms with E-state index >= 15 is 0 Å². The van der Waals surface area contributed by atoms with Gasteiger partial charge in [0.15, 0.2) is 5.13 Å². The summed E-state index contributed by atoms with van der Waals surface area (Å²) in [6.45, 7) is 0. The maximum absolute atomic E-state index is 10.2. The predicted octanol–water partition coefficient (Wildman–Crippen LogP) is 5.91. The Bertz CT molecular complexity index is 1200. The molecule has 1 saturated carbocycles. The molecule has 0 spiro atoms. The fourth-order valence-corrected chi connectivity index (χ4v) is 4.98. The summed E-state index contributed by atoms with van der Waals surface area (Å²) in [6.07, 6.45) is 8.78. The van der Waals surface area contributed by atoms with Crippen molar-refractivity contribution in [2.24, 2.45) is 0 Å². The molecule has 1 fully saturated rings. The van der Waals surface area contributed by atoms with Crippen LogP contribution in [0.4, 0.5) is 5.13 Å². The zero-order valence-corrected chi connectivity index (χ0v) is 18.2. The van der Waals surface area contributed by atoms with Crippen LogP contribution < -0.4 is 10.1 Å². The van der Waals surface area contributed by atoms with Crippen LogP contribution in [0.3, 0.4) is 0 Å². The van der Waals surface area contributed by atoms with Gasteiger partial charge in [-0.05, 0) is 37.1 Å². The number of nitrogens with zero attached hydrogens (tertiary/aromatic N) is 3. The largest absolute Gasteiger partial charge is 0.456 e. The lowest BCUT2D eigenvalue weighted by atomic mass is 9.93. The number of anilines is 1. The third kappa shape index (κ3) is 4.49. The van der Waals surface area contributed by atoms with Crippen LogP contribution in [0.1, 0.15) is 25.7 Å². The maximum atomic E-state index is 10.2. The number of aliphatic hydroxyl groups excluding tert-OH is 1. The lowest BCUT2D eigenvalue weighted by Crippen LogP contribution is -2.36. The van der Waals surface area contributed by atoms with Crippen LogP contribution in [0.2, 0.25) is 5.15 Å². The summed E-state index contributed by atoms with van der Waals surface area (Å²) in [5, 5.41) is 14.8. The Morgan fingerprint density at radius 3 is 2.84 bits per heavy atom. The molecule has 0 aliphatic heterocycles. The van der Waals surface area contributed by atoms with Crippen molar-refractivity contribution < 1.29 is 9.84 Å². The van der Waals surface area contributed by atoms with Crippen LogP contribution >= 0.6 is 22.9 Å². The third-order valence-corrected chi connectivity index (χ3v) is 6.67. The number of ether oxygens (including phenoxy) is 1. The second-order valence-electron chi connectivity index (χ2n) is 7.60. The molecule has 1 aromatic carbocycles. The molecule has 6 nitrogen and oxygen atoms in total. The van der Waals surface area contributed by atoms with Crippen LogP contribution in [0, 0.1) is 0 Å². The molecule has 3 aromatic heterocycles. The SMILES string of the molecule is O[C@@H]1CCCC[C@H]1Nc1nc2ccc(Oc3cnc(Cl)c(-c4cccnc4)c3)cc2s1. The normalized spacial score (nSPS) is 18.8. The van der Waals surface area contributed by atoms with Gasteiger partial charge in [-0.25, -0.2) is 9.97 Å². The first-order valence-corrected chi connectivity index (χ1v) is 11.4. The highest BCUT2D eigenvalue weighted by molar-refractivity contribution is 7.22. The molecular formula is C23H21ClN4O2S. The Labute approximate surface area is 188 Å². The van der Waals surface area contributed by atoms with Crippen molar-refractivity contribution >= 4 is 38.3 Å². The van der Waals surface area contributed by atoms with Crippen LogP contribution in [-0.4, -0.2) is 32.2 Å². The average molecular weight is 453 g/mol. The fourth-order valence-electron chi connectivity index (χ4n) is 3.81. The van der Waals surface area contributed by atoms with Gasteiger partial charge < -0.3 is 15.2 Å². The minimum absolute atomic E-state index is 0.0658. The Balaban J connectivity index is 1.36. The molecule has 5 rings (SSSR count). The van der Waals surface area contributed by atoms with Gasteiger partial charge in [-0.1, -0.05) is 41.8 Å². The van der Waals surface area contributed by atoms with Gasteiger partial charge in [-0.3, -0.25) is 4.98 Å². The number of aliphatic hydroxyl groups is 1. The molecule has 4 aromatic rings.